The third-order valence-corrected chi connectivity index (χ3v) is 3.65. The molecule has 3 heteroatoms. The van der Waals surface area contributed by atoms with Gasteiger partial charge in [0.15, 0.2) is 6.61 Å². The molecule has 2 rings (SSSR count). The number of para-hydroxylation sites is 1. The maximum Gasteiger partial charge on any atom is 0.216 e. The Morgan fingerprint density at radius 1 is 1.25 bits per heavy atom. The Morgan fingerprint density at radius 3 is 2.65 bits per heavy atom. The van der Waals surface area contributed by atoms with Crippen molar-refractivity contribution in [3.8, 4) is 5.75 Å². The summed E-state index contributed by atoms with van der Waals surface area (Å²) >= 11 is 0. The van der Waals surface area contributed by atoms with Crippen LogP contribution in [0.4, 0.5) is 0 Å². The SMILES string of the molecule is CCC(C)c1ccccc1OCC(=O)c1cccn1C. The largest absolute Gasteiger partial charge is 0.485 e. The van der Waals surface area contributed by atoms with Crippen LogP contribution in [0.3, 0.4) is 0 Å². The second kappa shape index (κ2) is 6.42. The lowest BCUT2D eigenvalue weighted by atomic mass is 9.98. The van der Waals surface area contributed by atoms with Crippen LogP contribution in [0.15, 0.2) is 42.6 Å². The number of nitrogens with zero attached hydrogens (tertiary/aromatic N) is 1. The fourth-order valence-electron chi connectivity index (χ4n) is 2.21. The van der Waals surface area contributed by atoms with Gasteiger partial charge < -0.3 is 9.30 Å². The molecule has 0 aliphatic carbocycles. The van der Waals surface area contributed by atoms with E-state index in [2.05, 4.69) is 19.9 Å². The van der Waals surface area contributed by atoms with E-state index < -0.39 is 0 Å². The van der Waals surface area contributed by atoms with E-state index >= 15 is 0 Å². The van der Waals surface area contributed by atoms with Crippen LogP contribution in [0.5, 0.6) is 5.75 Å². The molecule has 0 saturated carbocycles. The van der Waals surface area contributed by atoms with Crippen molar-refractivity contribution in [3.63, 3.8) is 0 Å². The standard InChI is InChI=1S/C17H21NO2/c1-4-13(2)14-8-5-6-10-17(14)20-12-16(19)15-9-7-11-18(15)3/h5-11,13H,4,12H2,1-3H3. The number of carbonyl (C=O) groups excluding carboxylic acids is 1. The fourth-order valence-corrected chi connectivity index (χ4v) is 2.21. The van der Waals surface area contributed by atoms with Crippen LogP contribution in [0, 0.1) is 0 Å². The van der Waals surface area contributed by atoms with Gasteiger partial charge in [0.05, 0.1) is 5.69 Å². The number of carbonyl (C=O) groups is 1. The van der Waals surface area contributed by atoms with Gasteiger partial charge in [-0.25, -0.2) is 0 Å². The predicted molar refractivity (Wildman–Crippen MR) is 80.4 cm³/mol. The van der Waals surface area contributed by atoms with Crippen molar-refractivity contribution in [3.05, 3.63) is 53.9 Å². The highest BCUT2D eigenvalue weighted by Crippen LogP contribution is 2.28. The van der Waals surface area contributed by atoms with Crippen molar-refractivity contribution in [1.29, 1.82) is 0 Å². The highest BCUT2D eigenvalue weighted by atomic mass is 16.5. The summed E-state index contributed by atoms with van der Waals surface area (Å²) in [6.07, 6.45) is 2.91. The van der Waals surface area contributed by atoms with Gasteiger partial charge in [-0.15, -0.1) is 0 Å². The smallest absolute Gasteiger partial charge is 0.216 e. The Labute approximate surface area is 120 Å². The molecular formula is C17H21NO2. The van der Waals surface area contributed by atoms with Gasteiger partial charge in [-0.2, -0.15) is 0 Å². The van der Waals surface area contributed by atoms with E-state index in [9.17, 15) is 4.79 Å². The maximum atomic E-state index is 12.1. The van der Waals surface area contributed by atoms with E-state index in [1.54, 1.807) is 0 Å². The summed E-state index contributed by atoms with van der Waals surface area (Å²) in [4.78, 5) is 12.1. The molecule has 0 amide bonds. The molecule has 0 saturated heterocycles. The maximum absolute atomic E-state index is 12.1. The first kappa shape index (κ1) is 14.4. The van der Waals surface area contributed by atoms with E-state index in [0.29, 0.717) is 11.6 Å². The molecular weight excluding hydrogens is 250 g/mol. The topological polar surface area (TPSA) is 31.2 Å². The lowest BCUT2D eigenvalue weighted by Crippen LogP contribution is -2.15. The van der Waals surface area contributed by atoms with Gasteiger partial charge in [0.2, 0.25) is 5.78 Å². The van der Waals surface area contributed by atoms with Crippen molar-refractivity contribution in [2.75, 3.05) is 6.61 Å². The minimum absolute atomic E-state index is 0.00328. The Morgan fingerprint density at radius 2 is 2.00 bits per heavy atom. The molecule has 0 radical (unpaired) electrons. The number of rotatable bonds is 6. The number of aromatic nitrogens is 1. The Hall–Kier alpha value is -2.03. The minimum Gasteiger partial charge on any atom is -0.485 e. The van der Waals surface area contributed by atoms with Crippen molar-refractivity contribution < 1.29 is 9.53 Å². The lowest BCUT2D eigenvalue weighted by Gasteiger charge is -2.15. The average Bonchev–Trinajstić information content (AvgIpc) is 2.90. The first-order valence-electron chi connectivity index (χ1n) is 6.99. The van der Waals surface area contributed by atoms with E-state index in [-0.39, 0.29) is 12.4 Å². The monoisotopic (exact) mass is 271 g/mol. The van der Waals surface area contributed by atoms with Gasteiger partial charge in [-0.1, -0.05) is 32.0 Å². The van der Waals surface area contributed by atoms with E-state index in [4.69, 9.17) is 4.74 Å². The van der Waals surface area contributed by atoms with Crippen molar-refractivity contribution in [2.45, 2.75) is 26.2 Å². The van der Waals surface area contributed by atoms with Gasteiger partial charge in [0, 0.05) is 13.2 Å². The number of ether oxygens (including phenoxy) is 1. The van der Waals surface area contributed by atoms with Crippen LogP contribution in [0.1, 0.15) is 42.2 Å². The van der Waals surface area contributed by atoms with Gasteiger partial charge in [-0.05, 0) is 36.1 Å². The minimum atomic E-state index is -0.00328. The number of aryl methyl sites for hydroxylation is 1. The second-order valence-electron chi connectivity index (χ2n) is 5.06. The third kappa shape index (κ3) is 3.10. The quantitative estimate of drug-likeness (QED) is 0.748. The molecule has 0 aliphatic heterocycles. The Bertz CT molecular complexity index is 586. The third-order valence-electron chi connectivity index (χ3n) is 3.65. The summed E-state index contributed by atoms with van der Waals surface area (Å²) in [5.74, 6) is 1.23. The van der Waals surface area contributed by atoms with Crippen molar-refractivity contribution in [1.82, 2.24) is 4.57 Å². The van der Waals surface area contributed by atoms with Crippen LogP contribution >= 0.6 is 0 Å². The number of ketones is 1. The first-order chi connectivity index (χ1) is 9.63. The summed E-state index contributed by atoms with van der Waals surface area (Å²) in [6, 6.07) is 11.6. The van der Waals surface area contributed by atoms with Gasteiger partial charge >= 0.3 is 0 Å². The van der Waals surface area contributed by atoms with Crippen LogP contribution in [0.2, 0.25) is 0 Å². The fraction of sp³-hybridized carbons (Fsp3) is 0.353. The molecule has 106 valence electrons. The average molecular weight is 271 g/mol. The molecule has 1 aromatic heterocycles. The molecule has 0 fully saturated rings. The first-order valence-corrected chi connectivity index (χ1v) is 6.99. The number of benzene rings is 1. The van der Waals surface area contributed by atoms with Crippen LogP contribution < -0.4 is 4.74 Å². The summed E-state index contributed by atoms with van der Waals surface area (Å²) in [5, 5.41) is 0. The zero-order valence-corrected chi connectivity index (χ0v) is 12.3. The summed E-state index contributed by atoms with van der Waals surface area (Å²) in [5.41, 5.74) is 1.83. The molecule has 0 spiro atoms. The van der Waals surface area contributed by atoms with E-state index in [1.165, 1.54) is 0 Å². The molecule has 1 aromatic carbocycles. The van der Waals surface area contributed by atoms with Crippen LogP contribution in [-0.2, 0) is 7.05 Å². The molecule has 0 N–H and O–H groups in total. The molecule has 2 aromatic rings. The zero-order chi connectivity index (χ0) is 14.5. The summed E-state index contributed by atoms with van der Waals surface area (Å²) in [7, 11) is 1.86. The van der Waals surface area contributed by atoms with Crippen molar-refractivity contribution >= 4 is 5.78 Å². The van der Waals surface area contributed by atoms with Crippen LogP contribution in [-0.4, -0.2) is 17.0 Å². The van der Waals surface area contributed by atoms with E-state index in [0.717, 1.165) is 17.7 Å². The number of Topliss-reactive ketones (excluding diaryl/α,β-unsaturated/α-hetero) is 1. The van der Waals surface area contributed by atoms with Gasteiger partial charge in [0.25, 0.3) is 0 Å². The Balaban J connectivity index is 2.08. The van der Waals surface area contributed by atoms with E-state index in [1.807, 2.05) is 48.1 Å². The van der Waals surface area contributed by atoms with Gasteiger partial charge in [-0.3, -0.25) is 4.79 Å². The lowest BCUT2D eigenvalue weighted by molar-refractivity contribution is 0.0912. The number of hydrogen-bond donors (Lipinski definition) is 0. The molecule has 0 bridgehead atoms. The molecule has 1 unspecified atom stereocenters. The molecule has 1 heterocycles. The summed E-state index contributed by atoms with van der Waals surface area (Å²) < 4.78 is 7.55. The highest BCUT2D eigenvalue weighted by molar-refractivity contribution is 5.95. The molecule has 0 aliphatic rings. The normalized spacial score (nSPS) is 12.2. The van der Waals surface area contributed by atoms with Gasteiger partial charge in [0.1, 0.15) is 5.75 Å². The highest BCUT2D eigenvalue weighted by Gasteiger charge is 2.13. The van der Waals surface area contributed by atoms with Crippen LogP contribution in [0.25, 0.3) is 0 Å². The molecule has 3 nitrogen and oxygen atoms in total. The Kier molecular flexibility index (Phi) is 4.61. The van der Waals surface area contributed by atoms with Crippen molar-refractivity contribution in [2.24, 2.45) is 7.05 Å². The zero-order valence-electron chi connectivity index (χ0n) is 12.3. The predicted octanol–water partition coefficient (Wildman–Crippen LogP) is 3.80. The molecule has 1 atom stereocenters. The summed E-state index contributed by atoms with van der Waals surface area (Å²) in [6.45, 7) is 4.39. The molecule has 20 heavy (non-hydrogen) atoms. The number of hydrogen-bond acceptors (Lipinski definition) is 2. The second-order valence-corrected chi connectivity index (χ2v) is 5.06.